The van der Waals surface area contributed by atoms with Gasteiger partial charge in [0.05, 0.1) is 12.0 Å². The minimum atomic E-state index is -0.862. The normalized spacial score (nSPS) is 19.4. The van der Waals surface area contributed by atoms with E-state index in [9.17, 15) is 9.59 Å². The summed E-state index contributed by atoms with van der Waals surface area (Å²) in [6, 6.07) is 4.53. The first-order valence-corrected chi connectivity index (χ1v) is 7.37. The average Bonchev–Trinajstić information content (AvgIpc) is 2.88. The molecular weight excluding hydrogens is 315 g/mol. The minimum absolute atomic E-state index is 0.238. The molecule has 1 unspecified atom stereocenters. The number of carboxylic acid groups (broad SMARTS) is 1. The molecule has 2 atom stereocenters. The van der Waals surface area contributed by atoms with Gasteiger partial charge in [0.2, 0.25) is 0 Å². The van der Waals surface area contributed by atoms with Crippen LogP contribution in [0, 0.1) is 5.92 Å². The van der Waals surface area contributed by atoms with Crippen LogP contribution in [-0.2, 0) is 4.79 Å². The maximum atomic E-state index is 12.1. The van der Waals surface area contributed by atoms with Crippen LogP contribution in [0.3, 0.4) is 0 Å². The number of hydrogen-bond donors (Lipinski definition) is 2. The molecule has 2 amide bonds. The molecule has 0 aromatic heterocycles. The summed E-state index contributed by atoms with van der Waals surface area (Å²) in [4.78, 5) is 24.5. The molecule has 0 aliphatic carbocycles. The van der Waals surface area contributed by atoms with Gasteiger partial charge in [-0.05, 0) is 31.0 Å². The fourth-order valence-electron chi connectivity index (χ4n) is 2.35. The summed E-state index contributed by atoms with van der Waals surface area (Å²) in [5.74, 6) is -1.34. The van der Waals surface area contributed by atoms with E-state index in [1.165, 1.54) is 4.90 Å². The third-order valence-electron chi connectivity index (χ3n) is 3.59. The maximum absolute atomic E-state index is 12.1. The number of nitrogens with zero attached hydrogens (tertiary/aromatic N) is 1. The Balaban J connectivity index is 1.98. The second kappa shape index (κ2) is 6.54. The smallest absolute Gasteiger partial charge is 0.317 e. The van der Waals surface area contributed by atoms with E-state index in [1.54, 1.807) is 18.2 Å². The summed E-state index contributed by atoms with van der Waals surface area (Å²) in [5.41, 5.74) is 0.767. The van der Waals surface area contributed by atoms with Crippen LogP contribution in [0.5, 0.6) is 0 Å². The quantitative estimate of drug-likeness (QED) is 0.894. The van der Waals surface area contributed by atoms with E-state index < -0.39 is 11.9 Å². The summed E-state index contributed by atoms with van der Waals surface area (Å²) >= 11 is 11.9. The van der Waals surface area contributed by atoms with Gasteiger partial charge in [0, 0.05) is 23.1 Å². The first-order valence-electron chi connectivity index (χ1n) is 6.61. The van der Waals surface area contributed by atoms with Crippen molar-refractivity contribution < 1.29 is 14.7 Å². The second-order valence-electron chi connectivity index (χ2n) is 5.11. The number of carbonyl (C=O) groups excluding carboxylic acids is 1. The lowest BCUT2D eigenvalue weighted by Crippen LogP contribution is -2.40. The molecule has 2 rings (SSSR count). The van der Waals surface area contributed by atoms with Gasteiger partial charge in [0.25, 0.3) is 0 Å². The fraction of sp³-hybridized carbons (Fsp3) is 0.429. The number of amides is 2. The van der Waals surface area contributed by atoms with Crippen LogP contribution >= 0.6 is 23.2 Å². The summed E-state index contributed by atoms with van der Waals surface area (Å²) in [6.07, 6.45) is 0.485. The number of halogens is 2. The Bertz CT molecular complexity index is 565. The maximum Gasteiger partial charge on any atom is 0.317 e. The minimum Gasteiger partial charge on any atom is -0.481 e. The monoisotopic (exact) mass is 330 g/mol. The highest BCUT2D eigenvalue weighted by Crippen LogP contribution is 2.26. The van der Waals surface area contributed by atoms with Crippen LogP contribution in [0.1, 0.15) is 24.9 Å². The van der Waals surface area contributed by atoms with E-state index in [0.29, 0.717) is 23.0 Å². The van der Waals surface area contributed by atoms with Crippen molar-refractivity contribution in [3.05, 3.63) is 33.8 Å². The summed E-state index contributed by atoms with van der Waals surface area (Å²) in [6.45, 7) is 2.50. The van der Waals surface area contributed by atoms with Crippen LogP contribution < -0.4 is 5.32 Å². The van der Waals surface area contributed by atoms with E-state index in [-0.39, 0.29) is 18.6 Å². The zero-order valence-electron chi connectivity index (χ0n) is 11.5. The van der Waals surface area contributed by atoms with Crippen molar-refractivity contribution in [2.24, 2.45) is 5.92 Å². The third kappa shape index (κ3) is 3.80. The van der Waals surface area contributed by atoms with Crippen LogP contribution in [0.4, 0.5) is 4.79 Å². The Morgan fingerprint density at radius 3 is 2.71 bits per heavy atom. The van der Waals surface area contributed by atoms with E-state index in [4.69, 9.17) is 28.3 Å². The van der Waals surface area contributed by atoms with Crippen molar-refractivity contribution in [1.29, 1.82) is 0 Å². The van der Waals surface area contributed by atoms with Crippen molar-refractivity contribution in [3.63, 3.8) is 0 Å². The number of hydrogen-bond acceptors (Lipinski definition) is 2. The van der Waals surface area contributed by atoms with Crippen molar-refractivity contribution in [2.75, 3.05) is 13.1 Å². The van der Waals surface area contributed by atoms with E-state index in [1.807, 2.05) is 6.92 Å². The number of likely N-dealkylation sites (tertiary alicyclic amines) is 1. The molecule has 0 radical (unpaired) electrons. The van der Waals surface area contributed by atoms with Gasteiger partial charge in [-0.2, -0.15) is 0 Å². The lowest BCUT2D eigenvalue weighted by atomic mass is 10.1. The highest BCUT2D eigenvalue weighted by atomic mass is 35.5. The van der Waals surface area contributed by atoms with Gasteiger partial charge in [-0.15, -0.1) is 0 Å². The lowest BCUT2D eigenvalue weighted by molar-refractivity contribution is -0.141. The average molecular weight is 331 g/mol. The van der Waals surface area contributed by atoms with Gasteiger partial charge in [-0.1, -0.05) is 29.3 Å². The number of carbonyl (C=O) groups is 2. The molecule has 1 aromatic carbocycles. The number of nitrogens with one attached hydrogen (secondary N) is 1. The van der Waals surface area contributed by atoms with Crippen molar-refractivity contribution in [2.45, 2.75) is 19.4 Å². The fourth-order valence-corrected chi connectivity index (χ4v) is 2.93. The zero-order valence-corrected chi connectivity index (χ0v) is 13.0. The molecule has 114 valence electrons. The standard InChI is InChI=1S/C14H16Cl2N2O3/c1-8(11-3-2-10(15)6-12(11)16)17-14(21)18-5-4-9(7-18)13(19)20/h2-3,6,8-9H,4-5,7H2,1H3,(H,17,21)(H,19,20)/t8-,9?/m1/s1. The number of rotatable bonds is 3. The number of aliphatic carboxylic acids is 1. The molecule has 1 aromatic rings. The molecule has 1 saturated heterocycles. The van der Waals surface area contributed by atoms with Gasteiger partial charge >= 0.3 is 12.0 Å². The highest BCUT2D eigenvalue weighted by molar-refractivity contribution is 6.35. The van der Waals surface area contributed by atoms with Crippen molar-refractivity contribution >= 4 is 35.2 Å². The molecule has 0 bridgehead atoms. The van der Waals surface area contributed by atoms with E-state index in [0.717, 1.165) is 5.56 Å². The Kier molecular flexibility index (Phi) is 4.96. The highest BCUT2D eigenvalue weighted by Gasteiger charge is 2.31. The number of benzene rings is 1. The van der Waals surface area contributed by atoms with Crippen LogP contribution in [-0.4, -0.2) is 35.1 Å². The summed E-state index contributed by atoms with van der Waals surface area (Å²) < 4.78 is 0. The molecule has 2 N–H and O–H groups in total. The molecule has 1 aliphatic heterocycles. The van der Waals surface area contributed by atoms with Crippen LogP contribution in [0.2, 0.25) is 10.0 Å². The molecule has 7 heteroatoms. The predicted octanol–water partition coefficient (Wildman–Crippen LogP) is 3.17. The van der Waals surface area contributed by atoms with Crippen LogP contribution in [0.25, 0.3) is 0 Å². The van der Waals surface area contributed by atoms with Crippen molar-refractivity contribution in [3.8, 4) is 0 Å². The SMILES string of the molecule is C[C@@H](NC(=O)N1CCC(C(=O)O)C1)c1ccc(Cl)cc1Cl. The molecule has 1 heterocycles. The van der Waals surface area contributed by atoms with Gasteiger partial charge < -0.3 is 15.3 Å². The van der Waals surface area contributed by atoms with Crippen LogP contribution in [0.15, 0.2) is 18.2 Å². The number of carboxylic acids is 1. The second-order valence-corrected chi connectivity index (χ2v) is 5.95. The molecule has 0 saturated carbocycles. The Morgan fingerprint density at radius 1 is 1.43 bits per heavy atom. The zero-order chi connectivity index (χ0) is 15.6. The van der Waals surface area contributed by atoms with Gasteiger partial charge in [0.1, 0.15) is 0 Å². The Hall–Kier alpha value is -1.46. The molecule has 5 nitrogen and oxygen atoms in total. The van der Waals surface area contributed by atoms with E-state index in [2.05, 4.69) is 5.32 Å². The number of urea groups is 1. The molecule has 21 heavy (non-hydrogen) atoms. The topological polar surface area (TPSA) is 69.6 Å². The molecule has 1 aliphatic rings. The largest absolute Gasteiger partial charge is 0.481 e. The predicted molar refractivity (Wildman–Crippen MR) is 80.7 cm³/mol. The lowest BCUT2D eigenvalue weighted by Gasteiger charge is -2.21. The summed E-state index contributed by atoms with van der Waals surface area (Å²) in [7, 11) is 0. The van der Waals surface area contributed by atoms with Gasteiger partial charge in [0.15, 0.2) is 0 Å². The van der Waals surface area contributed by atoms with Gasteiger partial charge in [-0.25, -0.2) is 4.79 Å². The van der Waals surface area contributed by atoms with E-state index >= 15 is 0 Å². The Morgan fingerprint density at radius 2 is 2.14 bits per heavy atom. The first kappa shape index (κ1) is 15.9. The molecule has 0 spiro atoms. The molecule has 1 fully saturated rings. The summed E-state index contributed by atoms with van der Waals surface area (Å²) in [5, 5.41) is 12.8. The third-order valence-corrected chi connectivity index (χ3v) is 4.16. The molecular formula is C14H16Cl2N2O3. The van der Waals surface area contributed by atoms with Crippen molar-refractivity contribution in [1.82, 2.24) is 10.2 Å². The Labute approximate surface area is 132 Å². The first-order chi connectivity index (χ1) is 9.88. The van der Waals surface area contributed by atoms with Gasteiger partial charge in [-0.3, -0.25) is 4.79 Å².